The summed E-state index contributed by atoms with van der Waals surface area (Å²) in [6, 6.07) is 7.14. The monoisotopic (exact) mass is 356 g/mol. The zero-order valence-corrected chi connectivity index (χ0v) is 12.5. The number of nitrogens with zero attached hydrogens (tertiary/aromatic N) is 1. The van der Waals surface area contributed by atoms with Gasteiger partial charge in [0.25, 0.3) is 5.91 Å². The van der Waals surface area contributed by atoms with E-state index < -0.39 is 6.61 Å². The van der Waals surface area contributed by atoms with Crippen molar-refractivity contribution in [3.05, 3.63) is 52.1 Å². The van der Waals surface area contributed by atoms with E-state index in [0.717, 1.165) is 10.0 Å². The maximum Gasteiger partial charge on any atom is 0.387 e. The molecule has 0 atom stereocenters. The summed E-state index contributed by atoms with van der Waals surface area (Å²) in [5, 5.41) is 2.63. The average Bonchev–Trinajstić information content (AvgIpc) is 2.43. The van der Waals surface area contributed by atoms with E-state index in [-0.39, 0.29) is 11.7 Å². The quantitative estimate of drug-likeness (QED) is 0.900. The Morgan fingerprint density at radius 3 is 2.57 bits per heavy atom. The fourth-order valence-electron chi connectivity index (χ4n) is 1.58. The Labute approximate surface area is 128 Å². The first-order valence-corrected chi connectivity index (χ1v) is 6.73. The first-order chi connectivity index (χ1) is 9.95. The van der Waals surface area contributed by atoms with Crippen LogP contribution >= 0.6 is 15.9 Å². The molecule has 1 amide bonds. The maximum atomic E-state index is 12.0. The number of hydrogen-bond acceptors (Lipinski definition) is 3. The molecule has 0 aliphatic carbocycles. The van der Waals surface area contributed by atoms with Crippen molar-refractivity contribution in [3.63, 3.8) is 0 Å². The molecule has 110 valence electrons. The molecule has 0 aliphatic heterocycles. The number of pyridine rings is 1. The third kappa shape index (κ3) is 4.22. The highest BCUT2D eigenvalue weighted by Gasteiger charge is 2.09. The number of aromatic nitrogens is 1. The van der Waals surface area contributed by atoms with Gasteiger partial charge < -0.3 is 10.1 Å². The molecular weight excluding hydrogens is 346 g/mol. The zero-order valence-electron chi connectivity index (χ0n) is 10.9. The summed E-state index contributed by atoms with van der Waals surface area (Å²) in [4.78, 5) is 16.1. The van der Waals surface area contributed by atoms with Gasteiger partial charge in [0.15, 0.2) is 0 Å². The van der Waals surface area contributed by atoms with Crippen molar-refractivity contribution < 1.29 is 18.3 Å². The molecule has 1 N–H and O–H groups in total. The molecule has 0 unspecified atom stereocenters. The van der Waals surface area contributed by atoms with Gasteiger partial charge in [-0.25, -0.2) is 4.98 Å². The van der Waals surface area contributed by atoms with Gasteiger partial charge in [0.1, 0.15) is 11.6 Å². The van der Waals surface area contributed by atoms with Crippen LogP contribution in [0.1, 0.15) is 15.9 Å². The molecule has 0 saturated carbocycles. The maximum absolute atomic E-state index is 12.0. The van der Waals surface area contributed by atoms with Gasteiger partial charge in [-0.05, 0) is 58.7 Å². The van der Waals surface area contributed by atoms with Gasteiger partial charge in [0, 0.05) is 16.2 Å². The van der Waals surface area contributed by atoms with E-state index in [1.807, 2.05) is 6.92 Å². The van der Waals surface area contributed by atoms with Crippen molar-refractivity contribution in [1.29, 1.82) is 0 Å². The van der Waals surface area contributed by atoms with Crippen LogP contribution in [0, 0.1) is 6.92 Å². The number of carbonyl (C=O) groups is 1. The standard InChI is InChI=1S/C14H11BrF2N2O2/c1-8-6-12(18-7-11(8)15)19-13(20)9-2-4-10(5-3-9)21-14(16)17/h2-7,14H,1H3,(H,18,19,20). The Morgan fingerprint density at radius 1 is 1.33 bits per heavy atom. The van der Waals surface area contributed by atoms with Crippen LogP contribution in [0.5, 0.6) is 5.75 Å². The highest BCUT2D eigenvalue weighted by molar-refractivity contribution is 9.10. The Balaban J connectivity index is 2.07. The number of carbonyl (C=O) groups excluding carboxylic acids is 1. The summed E-state index contributed by atoms with van der Waals surface area (Å²) >= 11 is 3.32. The largest absolute Gasteiger partial charge is 0.435 e. The second-order valence-corrected chi connectivity index (χ2v) is 5.03. The molecule has 2 aromatic rings. The van der Waals surface area contributed by atoms with E-state index in [1.54, 1.807) is 12.3 Å². The van der Waals surface area contributed by atoms with Crippen molar-refractivity contribution >= 4 is 27.7 Å². The predicted molar refractivity (Wildman–Crippen MR) is 77.7 cm³/mol. The number of halogens is 3. The number of aryl methyl sites for hydroxylation is 1. The SMILES string of the molecule is Cc1cc(NC(=O)c2ccc(OC(F)F)cc2)ncc1Br. The molecule has 21 heavy (non-hydrogen) atoms. The molecule has 0 radical (unpaired) electrons. The normalized spacial score (nSPS) is 10.5. The molecule has 1 aromatic heterocycles. The van der Waals surface area contributed by atoms with Crippen LogP contribution in [0.15, 0.2) is 41.0 Å². The molecular formula is C14H11BrF2N2O2. The topological polar surface area (TPSA) is 51.2 Å². The molecule has 0 bridgehead atoms. The minimum absolute atomic E-state index is 0.000777. The third-order valence-corrected chi connectivity index (χ3v) is 3.46. The van der Waals surface area contributed by atoms with Crippen LogP contribution in [0.3, 0.4) is 0 Å². The number of benzene rings is 1. The fourth-order valence-corrected chi connectivity index (χ4v) is 1.80. The summed E-state index contributed by atoms with van der Waals surface area (Å²) in [6.45, 7) is -1.02. The number of anilines is 1. The molecule has 0 spiro atoms. The van der Waals surface area contributed by atoms with Crippen LogP contribution in [0.25, 0.3) is 0 Å². The lowest BCUT2D eigenvalue weighted by Gasteiger charge is -2.07. The number of ether oxygens (including phenoxy) is 1. The lowest BCUT2D eigenvalue weighted by atomic mass is 10.2. The van der Waals surface area contributed by atoms with Gasteiger partial charge in [0.05, 0.1) is 0 Å². The van der Waals surface area contributed by atoms with Crippen LogP contribution < -0.4 is 10.1 Å². The van der Waals surface area contributed by atoms with Gasteiger partial charge in [-0.2, -0.15) is 8.78 Å². The predicted octanol–water partition coefficient (Wildman–Crippen LogP) is 4.01. The summed E-state index contributed by atoms with van der Waals surface area (Å²) in [7, 11) is 0. The molecule has 0 saturated heterocycles. The summed E-state index contributed by atoms with van der Waals surface area (Å²) in [5.41, 5.74) is 1.25. The molecule has 0 aliphatic rings. The minimum atomic E-state index is -2.89. The number of alkyl halides is 2. The van der Waals surface area contributed by atoms with Crippen molar-refractivity contribution in [1.82, 2.24) is 4.98 Å². The number of nitrogens with one attached hydrogen (secondary N) is 1. The third-order valence-electron chi connectivity index (χ3n) is 2.63. The zero-order chi connectivity index (χ0) is 15.4. The minimum Gasteiger partial charge on any atom is -0.435 e. The van der Waals surface area contributed by atoms with Gasteiger partial charge in [-0.15, -0.1) is 0 Å². The second-order valence-electron chi connectivity index (χ2n) is 4.18. The summed E-state index contributed by atoms with van der Waals surface area (Å²) < 4.78 is 29.1. The van der Waals surface area contributed by atoms with Crippen molar-refractivity contribution in [2.45, 2.75) is 13.5 Å². The van der Waals surface area contributed by atoms with E-state index in [0.29, 0.717) is 11.4 Å². The Bertz CT molecular complexity index is 648. The van der Waals surface area contributed by atoms with Gasteiger partial charge in [-0.1, -0.05) is 0 Å². The van der Waals surface area contributed by atoms with Crippen LogP contribution in [-0.2, 0) is 0 Å². The number of rotatable bonds is 4. The first-order valence-electron chi connectivity index (χ1n) is 5.94. The summed E-state index contributed by atoms with van der Waals surface area (Å²) in [5.74, 6) is 0.0283. The van der Waals surface area contributed by atoms with Crippen LogP contribution in [0.4, 0.5) is 14.6 Å². The highest BCUT2D eigenvalue weighted by atomic mass is 79.9. The van der Waals surface area contributed by atoms with E-state index in [9.17, 15) is 13.6 Å². The highest BCUT2D eigenvalue weighted by Crippen LogP contribution is 2.19. The molecule has 1 aromatic carbocycles. The average molecular weight is 357 g/mol. The van der Waals surface area contributed by atoms with Crippen molar-refractivity contribution in [2.24, 2.45) is 0 Å². The molecule has 7 heteroatoms. The van der Waals surface area contributed by atoms with E-state index in [1.165, 1.54) is 24.3 Å². The van der Waals surface area contributed by atoms with E-state index in [4.69, 9.17) is 0 Å². The van der Waals surface area contributed by atoms with Crippen LogP contribution in [-0.4, -0.2) is 17.5 Å². The van der Waals surface area contributed by atoms with Crippen molar-refractivity contribution in [3.8, 4) is 5.75 Å². The van der Waals surface area contributed by atoms with E-state index >= 15 is 0 Å². The molecule has 0 fully saturated rings. The fraction of sp³-hybridized carbons (Fsp3) is 0.143. The van der Waals surface area contributed by atoms with Gasteiger partial charge in [-0.3, -0.25) is 4.79 Å². The molecule has 2 rings (SSSR count). The van der Waals surface area contributed by atoms with E-state index in [2.05, 4.69) is 31.0 Å². The molecule has 4 nitrogen and oxygen atoms in total. The number of hydrogen-bond donors (Lipinski definition) is 1. The van der Waals surface area contributed by atoms with Gasteiger partial charge in [0.2, 0.25) is 0 Å². The lowest BCUT2D eigenvalue weighted by molar-refractivity contribution is -0.0498. The smallest absolute Gasteiger partial charge is 0.387 e. The van der Waals surface area contributed by atoms with Crippen molar-refractivity contribution in [2.75, 3.05) is 5.32 Å². The first kappa shape index (κ1) is 15.4. The van der Waals surface area contributed by atoms with Gasteiger partial charge >= 0.3 is 6.61 Å². The Hall–Kier alpha value is -2.02. The second kappa shape index (κ2) is 6.62. The molecule has 1 heterocycles. The summed E-state index contributed by atoms with van der Waals surface area (Å²) in [6.07, 6.45) is 1.59. The Morgan fingerprint density at radius 2 is 2.00 bits per heavy atom. The Kier molecular flexibility index (Phi) is 4.85. The van der Waals surface area contributed by atoms with Crippen LogP contribution in [0.2, 0.25) is 0 Å². The lowest BCUT2D eigenvalue weighted by Crippen LogP contribution is -2.13. The number of amides is 1.